The van der Waals surface area contributed by atoms with Crippen molar-refractivity contribution in [3.8, 4) is 0 Å². The number of rotatable bonds is 6. The number of aromatic amines is 1. The second-order valence-electron chi connectivity index (χ2n) is 5.10. The lowest BCUT2D eigenvalue weighted by molar-refractivity contribution is 0.0699. The first-order valence-corrected chi connectivity index (χ1v) is 7.06. The Morgan fingerprint density at radius 2 is 2.14 bits per heavy atom. The van der Waals surface area contributed by atoms with E-state index in [4.69, 9.17) is 15.2 Å². The molecule has 0 aliphatic carbocycles. The molecule has 1 aliphatic heterocycles. The van der Waals surface area contributed by atoms with E-state index in [1.807, 2.05) is 0 Å². The van der Waals surface area contributed by atoms with E-state index >= 15 is 0 Å². The van der Waals surface area contributed by atoms with E-state index in [0.29, 0.717) is 25.6 Å². The minimum Gasteiger partial charge on any atom is -0.383 e. The van der Waals surface area contributed by atoms with Crippen molar-refractivity contribution >= 4 is 11.5 Å². The van der Waals surface area contributed by atoms with Gasteiger partial charge in [0, 0.05) is 26.9 Å². The number of aromatic nitrogens is 2. The Bertz CT molecular complexity index is 575. The van der Waals surface area contributed by atoms with Gasteiger partial charge in [-0.2, -0.15) is 0 Å². The van der Waals surface area contributed by atoms with Gasteiger partial charge in [0.15, 0.2) is 0 Å². The molecule has 0 unspecified atom stereocenters. The summed E-state index contributed by atoms with van der Waals surface area (Å²) >= 11 is 0. The molecule has 8 heteroatoms. The zero-order chi connectivity index (χ0) is 15.2. The lowest BCUT2D eigenvalue weighted by atomic mass is 10.0. The van der Waals surface area contributed by atoms with Crippen LogP contribution in [0.15, 0.2) is 9.59 Å². The van der Waals surface area contributed by atoms with Crippen molar-refractivity contribution in [2.45, 2.75) is 19.4 Å². The molecule has 0 spiro atoms. The smallest absolute Gasteiger partial charge is 0.330 e. The second-order valence-corrected chi connectivity index (χ2v) is 5.10. The Morgan fingerprint density at radius 3 is 2.81 bits per heavy atom. The summed E-state index contributed by atoms with van der Waals surface area (Å²) in [6.45, 7) is 2.76. The van der Waals surface area contributed by atoms with Crippen molar-refractivity contribution in [3.63, 3.8) is 0 Å². The van der Waals surface area contributed by atoms with Gasteiger partial charge in [0.25, 0.3) is 5.56 Å². The number of hydrogen-bond acceptors (Lipinski definition) is 6. The van der Waals surface area contributed by atoms with E-state index in [0.717, 1.165) is 26.1 Å². The summed E-state index contributed by atoms with van der Waals surface area (Å²) in [5.41, 5.74) is 5.18. The highest BCUT2D eigenvalue weighted by Gasteiger charge is 2.16. The zero-order valence-electron chi connectivity index (χ0n) is 12.2. The lowest BCUT2D eigenvalue weighted by Gasteiger charge is -2.23. The minimum absolute atomic E-state index is 0.146. The molecule has 8 nitrogen and oxygen atoms in total. The van der Waals surface area contributed by atoms with E-state index in [1.165, 1.54) is 11.7 Å². The minimum atomic E-state index is -0.522. The fourth-order valence-corrected chi connectivity index (χ4v) is 2.36. The van der Waals surface area contributed by atoms with Crippen LogP contribution >= 0.6 is 0 Å². The Kier molecular flexibility index (Phi) is 5.40. The molecule has 4 N–H and O–H groups in total. The first-order valence-electron chi connectivity index (χ1n) is 7.06. The van der Waals surface area contributed by atoms with E-state index in [-0.39, 0.29) is 11.5 Å². The molecular formula is C13H22N4O4. The van der Waals surface area contributed by atoms with E-state index in [9.17, 15) is 9.59 Å². The van der Waals surface area contributed by atoms with Crippen LogP contribution in [0.4, 0.5) is 11.5 Å². The molecule has 0 bridgehead atoms. The first-order chi connectivity index (χ1) is 10.1. The van der Waals surface area contributed by atoms with E-state index in [1.54, 1.807) is 0 Å². The summed E-state index contributed by atoms with van der Waals surface area (Å²) in [4.78, 5) is 25.9. The molecule has 118 valence electrons. The molecule has 21 heavy (non-hydrogen) atoms. The van der Waals surface area contributed by atoms with Gasteiger partial charge in [-0.15, -0.1) is 0 Å². The number of H-pyrrole nitrogens is 1. The highest BCUT2D eigenvalue weighted by Crippen LogP contribution is 2.17. The molecule has 0 amide bonds. The Morgan fingerprint density at radius 1 is 1.43 bits per heavy atom. The van der Waals surface area contributed by atoms with Crippen molar-refractivity contribution in [3.05, 3.63) is 20.8 Å². The van der Waals surface area contributed by atoms with Crippen LogP contribution in [0.5, 0.6) is 0 Å². The summed E-state index contributed by atoms with van der Waals surface area (Å²) in [5.74, 6) is 0.588. The van der Waals surface area contributed by atoms with E-state index in [2.05, 4.69) is 10.3 Å². The van der Waals surface area contributed by atoms with Crippen LogP contribution in [-0.4, -0.2) is 43.0 Å². The van der Waals surface area contributed by atoms with Crippen LogP contribution in [0.25, 0.3) is 0 Å². The van der Waals surface area contributed by atoms with Crippen molar-refractivity contribution in [2.75, 3.05) is 44.5 Å². The molecule has 0 atom stereocenters. The number of anilines is 2. The summed E-state index contributed by atoms with van der Waals surface area (Å²) in [5, 5.41) is 3.07. The largest absolute Gasteiger partial charge is 0.383 e. The molecule has 1 aliphatic rings. The van der Waals surface area contributed by atoms with Gasteiger partial charge in [0.2, 0.25) is 0 Å². The van der Waals surface area contributed by atoms with Crippen LogP contribution < -0.4 is 22.3 Å². The average molecular weight is 298 g/mol. The highest BCUT2D eigenvalue weighted by atomic mass is 16.5. The van der Waals surface area contributed by atoms with E-state index < -0.39 is 11.2 Å². The van der Waals surface area contributed by atoms with Crippen LogP contribution in [0.3, 0.4) is 0 Å². The van der Waals surface area contributed by atoms with Gasteiger partial charge in [-0.05, 0) is 18.8 Å². The first kappa shape index (κ1) is 15.6. The van der Waals surface area contributed by atoms with Gasteiger partial charge in [0.1, 0.15) is 11.5 Å². The van der Waals surface area contributed by atoms with Crippen LogP contribution in [0.2, 0.25) is 0 Å². The standard InChI is InChI=1S/C13H22N4O4/c1-20-7-4-17-11(14)10(12(18)16-13(17)19)15-8-9-2-5-21-6-3-9/h9,15H,2-8,14H2,1H3,(H,16,18,19). The van der Waals surface area contributed by atoms with Crippen molar-refractivity contribution in [2.24, 2.45) is 5.92 Å². The summed E-state index contributed by atoms with van der Waals surface area (Å²) in [6.07, 6.45) is 1.91. The molecule has 0 aromatic carbocycles. The fourth-order valence-electron chi connectivity index (χ4n) is 2.36. The number of nitrogens with one attached hydrogen (secondary N) is 2. The monoisotopic (exact) mass is 298 g/mol. The van der Waals surface area contributed by atoms with Gasteiger partial charge in [0.05, 0.1) is 13.2 Å². The summed E-state index contributed by atoms with van der Waals surface area (Å²) < 4.78 is 11.5. The van der Waals surface area contributed by atoms with Crippen LogP contribution in [-0.2, 0) is 16.0 Å². The normalized spacial score (nSPS) is 16.0. The lowest BCUT2D eigenvalue weighted by Crippen LogP contribution is -2.35. The van der Waals surface area contributed by atoms with Crippen molar-refractivity contribution in [1.82, 2.24) is 9.55 Å². The molecule has 0 radical (unpaired) electrons. The molecule has 2 rings (SSSR count). The third kappa shape index (κ3) is 3.85. The Labute approximate surface area is 122 Å². The number of nitrogens with zero attached hydrogens (tertiary/aromatic N) is 1. The molecule has 1 fully saturated rings. The third-order valence-corrected chi connectivity index (χ3v) is 3.67. The summed E-state index contributed by atoms with van der Waals surface area (Å²) in [6, 6.07) is 0. The van der Waals surface area contributed by atoms with Gasteiger partial charge < -0.3 is 20.5 Å². The van der Waals surface area contributed by atoms with Gasteiger partial charge in [-0.3, -0.25) is 14.3 Å². The SMILES string of the molecule is COCCn1c(N)c(NCC2CCOCC2)c(=O)[nH]c1=O. The van der Waals surface area contributed by atoms with Gasteiger partial charge in [-0.25, -0.2) is 4.79 Å². The maximum Gasteiger partial charge on any atom is 0.330 e. The van der Waals surface area contributed by atoms with Crippen molar-refractivity contribution in [1.29, 1.82) is 0 Å². The quantitative estimate of drug-likeness (QED) is 0.659. The fraction of sp³-hybridized carbons (Fsp3) is 0.692. The number of hydrogen-bond donors (Lipinski definition) is 3. The Hall–Kier alpha value is -1.80. The maximum atomic E-state index is 11.9. The van der Waals surface area contributed by atoms with Gasteiger partial charge in [-0.1, -0.05) is 0 Å². The number of methoxy groups -OCH3 is 1. The van der Waals surface area contributed by atoms with Gasteiger partial charge >= 0.3 is 5.69 Å². The maximum absolute atomic E-state index is 11.9. The molecular weight excluding hydrogens is 276 g/mol. The second kappa shape index (κ2) is 7.28. The predicted octanol–water partition coefficient (Wildman–Crippen LogP) is -0.396. The Balaban J connectivity index is 2.14. The molecule has 1 saturated heterocycles. The predicted molar refractivity (Wildman–Crippen MR) is 79.6 cm³/mol. The van der Waals surface area contributed by atoms with Crippen LogP contribution in [0, 0.1) is 5.92 Å². The number of nitrogen functional groups attached to an aromatic ring is 1. The highest BCUT2D eigenvalue weighted by molar-refractivity contribution is 5.60. The zero-order valence-corrected chi connectivity index (χ0v) is 12.2. The average Bonchev–Trinajstić information content (AvgIpc) is 2.47. The molecule has 2 heterocycles. The van der Waals surface area contributed by atoms with Crippen LogP contribution in [0.1, 0.15) is 12.8 Å². The molecule has 1 aromatic rings. The third-order valence-electron chi connectivity index (χ3n) is 3.67. The number of ether oxygens (including phenoxy) is 2. The molecule has 1 aromatic heterocycles. The molecule has 0 saturated carbocycles. The number of nitrogens with two attached hydrogens (primary N) is 1. The summed E-state index contributed by atoms with van der Waals surface area (Å²) in [7, 11) is 1.54. The topological polar surface area (TPSA) is 111 Å². The van der Waals surface area contributed by atoms with Crippen molar-refractivity contribution < 1.29 is 9.47 Å².